The number of carbonyl (C=O) groups excluding carboxylic acids is 1. The number of halogens is 1. The third-order valence-electron chi connectivity index (χ3n) is 4.07. The van der Waals surface area contributed by atoms with Gasteiger partial charge in [0.2, 0.25) is 11.8 Å². The number of nitrogens with one attached hydrogen (secondary N) is 1. The van der Waals surface area contributed by atoms with E-state index in [1.807, 2.05) is 43.5 Å². The minimum Gasteiger partial charge on any atom is -0.440 e. The fraction of sp³-hybridized carbons (Fsp3) is 0.300. The number of thioether (sulfide) groups is 1. The van der Waals surface area contributed by atoms with Crippen LogP contribution in [0, 0.1) is 13.8 Å². The van der Waals surface area contributed by atoms with Crippen LogP contribution in [0.4, 0.5) is 0 Å². The summed E-state index contributed by atoms with van der Waals surface area (Å²) in [4.78, 5) is 17.7. The van der Waals surface area contributed by atoms with Crippen molar-refractivity contribution in [3.05, 3.63) is 63.3 Å². The number of amides is 1. The summed E-state index contributed by atoms with van der Waals surface area (Å²) < 4.78 is 5.80. The second kappa shape index (κ2) is 9.44. The molecule has 1 aromatic carbocycles. The van der Waals surface area contributed by atoms with Crippen molar-refractivity contribution >= 4 is 40.6 Å². The van der Waals surface area contributed by atoms with Gasteiger partial charge in [0.15, 0.2) is 0 Å². The summed E-state index contributed by atoms with van der Waals surface area (Å²) in [7, 11) is 0. The Kier molecular flexibility index (Phi) is 6.99. The number of aromatic nitrogens is 1. The largest absolute Gasteiger partial charge is 0.440 e. The molecule has 0 atom stereocenters. The smallest absolute Gasteiger partial charge is 0.237 e. The summed E-state index contributed by atoms with van der Waals surface area (Å²) in [5.41, 5.74) is 3.22. The van der Waals surface area contributed by atoms with Crippen molar-refractivity contribution in [2.24, 2.45) is 0 Å². The Balaban J connectivity index is 1.41. The van der Waals surface area contributed by atoms with E-state index < -0.39 is 0 Å². The fourth-order valence-electron chi connectivity index (χ4n) is 2.54. The standard InChI is InChI=1S/C20H21ClN2O2S2/c1-13-8-10-27-19(13)20-23-17(14(2)25-20)11-26-12-18(24)22-9-7-15-3-5-16(21)6-4-15/h3-6,8,10H,7,9,11-12H2,1-2H3,(H,22,24). The van der Waals surface area contributed by atoms with Gasteiger partial charge in [0.05, 0.1) is 16.3 Å². The predicted molar refractivity (Wildman–Crippen MR) is 114 cm³/mol. The van der Waals surface area contributed by atoms with Crippen LogP contribution >= 0.6 is 34.7 Å². The zero-order valence-corrected chi connectivity index (χ0v) is 17.6. The van der Waals surface area contributed by atoms with Crippen LogP contribution in [-0.4, -0.2) is 23.2 Å². The maximum Gasteiger partial charge on any atom is 0.237 e. The van der Waals surface area contributed by atoms with Crippen LogP contribution < -0.4 is 5.32 Å². The molecule has 142 valence electrons. The highest BCUT2D eigenvalue weighted by molar-refractivity contribution is 7.99. The Morgan fingerprint density at radius 3 is 2.74 bits per heavy atom. The van der Waals surface area contributed by atoms with E-state index in [1.54, 1.807) is 23.1 Å². The number of carbonyl (C=O) groups is 1. The number of rotatable bonds is 8. The first-order valence-corrected chi connectivity index (χ1v) is 11.0. The highest BCUT2D eigenvalue weighted by atomic mass is 35.5. The lowest BCUT2D eigenvalue weighted by Crippen LogP contribution is -2.27. The quantitative estimate of drug-likeness (QED) is 0.539. The first-order chi connectivity index (χ1) is 13.0. The van der Waals surface area contributed by atoms with Crippen molar-refractivity contribution in [2.45, 2.75) is 26.0 Å². The summed E-state index contributed by atoms with van der Waals surface area (Å²) in [6, 6.07) is 9.73. The summed E-state index contributed by atoms with van der Waals surface area (Å²) >= 11 is 9.04. The lowest BCUT2D eigenvalue weighted by Gasteiger charge is -2.05. The van der Waals surface area contributed by atoms with E-state index in [0.29, 0.717) is 23.9 Å². The lowest BCUT2D eigenvalue weighted by molar-refractivity contribution is -0.118. The van der Waals surface area contributed by atoms with E-state index >= 15 is 0 Å². The third-order valence-corrected chi connectivity index (χ3v) is 6.27. The van der Waals surface area contributed by atoms with E-state index in [2.05, 4.69) is 16.4 Å². The Morgan fingerprint density at radius 2 is 2.04 bits per heavy atom. The number of hydrogen-bond donors (Lipinski definition) is 1. The molecule has 1 amide bonds. The van der Waals surface area contributed by atoms with Gasteiger partial charge < -0.3 is 9.73 Å². The lowest BCUT2D eigenvalue weighted by atomic mass is 10.1. The molecule has 4 nitrogen and oxygen atoms in total. The first-order valence-electron chi connectivity index (χ1n) is 8.62. The van der Waals surface area contributed by atoms with Crippen molar-refractivity contribution in [1.29, 1.82) is 0 Å². The zero-order valence-electron chi connectivity index (χ0n) is 15.3. The molecule has 0 radical (unpaired) electrons. The average Bonchev–Trinajstić information content (AvgIpc) is 3.22. The van der Waals surface area contributed by atoms with Crippen LogP contribution in [-0.2, 0) is 17.0 Å². The maximum absolute atomic E-state index is 12.0. The average molecular weight is 421 g/mol. The van der Waals surface area contributed by atoms with Crippen LogP contribution in [0.15, 0.2) is 40.1 Å². The number of nitrogens with zero attached hydrogens (tertiary/aromatic N) is 1. The van der Waals surface area contributed by atoms with Gasteiger partial charge in [0.25, 0.3) is 0 Å². The Morgan fingerprint density at radius 1 is 1.26 bits per heavy atom. The summed E-state index contributed by atoms with van der Waals surface area (Å²) in [5.74, 6) is 2.57. The van der Waals surface area contributed by atoms with E-state index in [9.17, 15) is 4.79 Å². The van der Waals surface area contributed by atoms with E-state index in [0.717, 1.165) is 33.3 Å². The van der Waals surface area contributed by atoms with Crippen LogP contribution in [0.25, 0.3) is 10.8 Å². The highest BCUT2D eigenvalue weighted by Gasteiger charge is 2.14. The molecule has 0 spiro atoms. The predicted octanol–water partition coefficient (Wildman–Crippen LogP) is 5.27. The molecule has 3 rings (SSSR count). The Labute approximate surface area is 172 Å². The second-order valence-corrected chi connectivity index (χ2v) is 8.51. The van der Waals surface area contributed by atoms with Gasteiger partial charge in [-0.25, -0.2) is 4.98 Å². The van der Waals surface area contributed by atoms with Crippen LogP contribution in [0.2, 0.25) is 5.02 Å². The summed E-state index contributed by atoms with van der Waals surface area (Å²) in [6.45, 7) is 4.58. The molecule has 0 unspecified atom stereocenters. The molecule has 7 heteroatoms. The maximum atomic E-state index is 12.0. The number of hydrogen-bond acceptors (Lipinski definition) is 5. The number of oxazole rings is 1. The Bertz CT molecular complexity index is 903. The molecule has 2 aromatic heterocycles. The minimum absolute atomic E-state index is 0.0319. The van der Waals surface area contributed by atoms with Crippen LogP contribution in [0.5, 0.6) is 0 Å². The first kappa shape index (κ1) is 20.0. The molecule has 3 aromatic rings. The number of aryl methyl sites for hydroxylation is 2. The van der Waals surface area contributed by atoms with Crippen LogP contribution in [0.1, 0.15) is 22.6 Å². The molecule has 0 bridgehead atoms. The number of thiophene rings is 1. The van der Waals surface area contributed by atoms with Crippen molar-refractivity contribution in [3.8, 4) is 10.8 Å². The fourth-order valence-corrected chi connectivity index (χ4v) is 4.37. The number of benzene rings is 1. The van der Waals surface area contributed by atoms with Gasteiger partial charge in [0, 0.05) is 17.3 Å². The normalized spacial score (nSPS) is 10.9. The Hall–Kier alpha value is -1.76. The molecule has 0 aliphatic carbocycles. The van der Waals surface area contributed by atoms with Gasteiger partial charge in [-0.05, 0) is 55.0 Å². The van der Waals surface area contributed by atoms with E-state index in [-0.39, 0.29) is 5.91 Å². The van der Waals surface area contributed by atoms with E-state index in [1.165, 1.54) is 5.56 Å². The molecular formula is C20H21ClN2O2S2. The minimum atomic E-state index is 0.0319. The van der Waals surface area contributed by atoms with Crippen molar-refractivity contribution in [1.82, 2.24) is 10.3 Å². The zero-order chi connectivity index (χ0) is 19.2. The molecule has 0 aliphatic rings. The summed E-state index contributed by atoms with van der Waals surface area (Å²) in [5, 5.41) is 5.70. The molecule has 0 fully saturated rings. The van der Waals surface area contributed by atoms with Gasteiger partial charge in [-0.3, -0.25) is 4.79 Å². The third kappa shape index (κ3) is 5.61. The SMILES string of the molecule is Cc1ccsc1-c1nc(CSCC(=O)NCCc2ccc(Cl)cc2)c(C)o1. The van der Waals surface area contributed by atoms with Gasteiger partial charge in [-0.2, -0.15) is 0 Å². The molecule has 0 saturated carbocycles. The van der Waals surface area contributed by atoms with Crippen molar-refractivity contribution < 1.29 is 9.21 Å². The highest BCUT2D eigenvalue weighted by Crippen LogP contribution is 2.30. The van der Waals surface area contributed by atoms with Gasteiger partial charge >= 0.3 is 0 Å². The molecular weight excluding hydrogens is 400 g/mol. The monoisotopic (exact) mass is 420 g/mol. The van der Waals surface area contributed by atoms with Gasteiger partial charge in [-0.15, -0.1) is 23.1 Å². The van der Waals surface area contributed by atoms with Gasteiger partial charge in [-0.1, -0.05) is 23.7 Å². The molecule has 27 heavy (non-hydrogen) atoms. The topological polar surface area (TPSA) is 55.1 Å². The van der Waals surface area contributed by atoms with Crippen molar-refractivity contribution in [2.75, 3.05) is 12.3 Å². The molecule has 2 heterocycles. The van der Waals surface area contributed by atoms with Crippen LogP contribution in [0.3, 0.4) is 0 Å². The van der Waals surface area contributed by atoms with Gasteiger partial charge in [0.1, 0.15) is 5.76 Å². The molecule has 0 aliphatic heterocycles. The second-order valence-electron chi connectivity index (χ2n) is 6.17. The summed E-state index contributed by atoms with van der Waals surface area (Å²) in [6.07, 6.45) is 0.791. The molecule has 1 N–H and O–H groups in total. The van der Waals surface area contributed by atoms with Crippen molar-refractivity contribution in [3.63, 3.8) is 0 Å². The molecule has 0 saturated heterocycles. The van der Waals surface area contributed by atoms with E-state index in [4.69, 9.17) is 16.0 Å².